The van der Waals surface area contributed by atoms with E-state index in [1.807, 2.05) is 0 Å². The Morgan fingerprint density at radius 1 is 1.20 bits per heavy atom. The zero-order valence-corrected chi connectivity index (χ0v) is 10.0. The van der Waals surface area contributed by atoms with Crippen LogP contribution in [-0.4, -0.2) is 6.04 Å². The van der Waals surface area contributed by atoms with Gasteiger partial charge >= 0.3 is 0 Å². The summed E-state index contributed by atoms with van der Waals surface area (Å²) in [6.07, 6.45) is 4.03. The Bertz CT molecular complexity index is 343. The molecule has 0 radical (unpaired) electrons. The van der Waals surface area contributed by atoms with Crippen molar-refractivity contribution < 1.29 is 0 Å². The van der Waals surface area contributed by atoms with Crippen molar-refractivity contribution in [3.8, 4) is 0 Å². The van der Waals surface area contributed by atoms with Crippen molar-refractivity contribution in [2.75, 3.05) is 5.32 Å². The molecule has 0 aromatic heterocycles. The summed E-state index contributed by atoms with van der Waals surface area (Å²) in [6.45, 7) is 6.73. The average Bonchev–Trinajstić information content (AvgIpc) is 2.59. The molecule has 2 unspecified atom stereocenters. The van der Waals surface area contributed by atoms with Gasteiger partial charge in [0.2, 0.25) is 0 Å². The van der Waals surface area contributed by atoms with E-state index in [1.165, 1.54) is 36.1 Å². The molecular formula is C14H21N. The molecule has 0 aliphatic heterocycles. The van der Waals surface area contributed by atoms with Crippen molar-refractivity contribution in [1.29, 1.82) is 0 Å². The lowest BCUT2D eigenvalue weighted by atomic mass is 10.1. The van der Waals surface area contributed by atoms with E-state index in [9.17, 15) is 0 Å². The van der Waals surface area contributed by atoms with Gasteiger partial charge < -0.3 is 5.32 Å². The van der Waals surface area contributed by atoms with Gasteiger partial charge in [0.1, 0.15) is 0 Å². The fraction of sp³-hybridized carbons (Fsp3) is 0.571. The summed E-state index contributed by atoms with van der Waals surface area (Å²) in [6, 6.07) is 7.21. The Morgan fingerprint density at radius 3 is 2.67 bits per heavy atom. The highest BCUT2D eigenvalue weighted by atomic mass is 14.9. The van der Waals surface area contributed by atoms with Gasteiger partial charge in [0.15, 0.2) is 0 Å². The monoisotopic (exact) mass is 203 g/mol. The van der Waals surface area contributed by atoms with Crippen LogP contribution in [0.15, 0.2) is 18.2 Å². The minimum Gasteiger partial charge on any atom is -0.382 e. The third-order valence-electron chi connectivity index (χ3n) is 3.66. The van der Waals surface area contributed by atoms with Crippen LogP contribution in [0.1, 0.15) is 37.3 Å². The van der Waals surface area contributed by atoms with Crippen molar-refractivity contribution in [2.45, 2.75) is 46.1 Å². The molecule has 82 valence electrons. The van der Waals surface area contributed by atoms with Crippen molar-refractivity contribution in [2.24, 2.45) is 5.92 Å². The summed E-state index contributed by atoms with van der Waals surface area (Å²) < 4.78 is 0. The minimum absolute atomic E-state index is 0.695. The topological polar surface area (TPSA) is 12.0 Å². The van der Waals surface area contributed by atoms with Crippen molar-refractivity contribution in [3.63, 3.8) is 0 Å². The third-order valence-corrected chi connectivity index (χ3v) is 3.66. The van der Waals surface area contributed by atoms with E-state index in [0.29, 0.717) is 6.04 Å². The second kappa shape index (κ2) is 4.26. The van der Waals surface area contributed by atoms with Gasteiger partial charge in [-0.1, -0.05) is 19.1 Å². The van der Waals surface area contributed by atoms with Crippen LogP contribution < -0.4 is 5.32 Å². The standard InChI is InChI=1S/C14H21N/c1-10-7-8-13(9-10)15-14-6-4-5-11(2)12(14)3/h4-6,10,13,15H,7-9H2,1-3H3. The van der Waals surface area contributed by atoms with Crippen LogP contribution in [-0.2, 0) is 0 Å². The molecule has 1 heteroatoms. The van der Waals surface area contributed by atoms with Gasteiger partial charge in [0.05, 0.1) is 0 Å². The van der Waals surface area contributed by atoms with E-state index in [1.54, 1.807) is 0 Å². The van der Waals surface area contributed by atoms with Gasteiger partial charge in [-0.3, -0.25) is 0 Å². The van der Waals surface area contributed by atoms with E-state index in [-0.39, 0.29) is 0 Å². The molecule has 0 heterocycles. The van der Waals surface area contributed by atoms with Crippen LogP contribution in [0, 0.1) is 19.8 Å². The van der Waals surface area contributed by atoms with Crippen molar-refractivity contribution >= 4 is 5.69 Å². The molecule has 2 atom stereocenters. The maximum absolute atomic E-state index is 3.68. The Labute approximate surface area is 92.9 Å². The SMILES string of the molecule is Cc1cccc(NC2CCC(C)C2)c1C. The molecule has 2 rings (SSSR count). The van der Waals surface area contributed by atoms with Crippen molar-refractivity contribution in [1.82, 2.24) is 0 Å². The summed E-state index contributed by atoms with van der Waals surface area (Å²) in [5.41, 5.74) is 4.11. The molecule has 1 aromatic rings. The zero-order valence-electron chi connectivity index (χ0n) is 10.0. The lowest BCUT2D eigenvalue weighted by Gasteiger charge is -2.17. The summed E-state index contributed by atoms with van der Waals surface area (Å²) >= 11 is 0. The number of anilines is 1. The first-order chi connectivity index (χ1) is 7.16. The zero-order chi connectivity index (χ0) is 10.8. The van der Waals surface area contributed by atoms with Crippen LogP contribution >= 0.6 is 0 Å². The van der Waals surface area contributed by atoms with Crippen LogP contribution in [0.5, 0.6) is 0 Å². The van der Waals surface area contributed by atoms with Crippen LogP contribution in [0.3, 0.4) is 0 Å². The molecule has 1 aliphatic rings. The van der Waals surface area contributed by atoms with Gasteiger partial charge in [0.25, 0.3) is 0 Å². The highest BCUT2D eigenvalue weighted by molar-refractivity contribution is 5.54. The maximum atomic E-state index is 3.68. The summed E-state index contributed by atoms with van der Waals surface area (Å²) in [5.74, 6) is 0.896. The molecule has 1 saturated carbocycles. The Balaban J connectivity index is 2.07. The van der Waals surface area contributed by atoms with Gasteiger partial charge in [-0.05, 0) is 56.2 Å². The minimum atomic E-state index is 0.695. The van der Waals surface area contributed by atoms with E-state index < -0.39 is 0 Å². The Morgan fingerprint density at radius 2 is 2.00 bits per heavy atom. The van der Waals surface area contributed by atoms with E-state index >= 15 is 0 Å². The van der Waals surface area contributed by atoms with Crippen LogP contribution in [0.2, 0.25) is 0 Å². The van der Waals surface area contributed by atoms with Crippen LogP contribution in [0.4, 0.5) is 5.69 Å². The molecule has 1 aromatic carbocycles. The lowest BCUT2D eigenvalue weighted by Crippen LogP contribution is -2.16. The highest BCUT2D eigenvalue weighted by Crippen LogP contribution is 2.29. The van der Waals surface area contributed by atoms with Crippen molar-refractivity contribution in [3.05, 3.63) is 29.3 Å². The fourth-order valence-corrected chi connectivity index (χ4v) is 2.47. The number of aryl methyl sites for hydroxylation is 1. The summed E-state index contributed by atoms with van der Waals surface area (Å²) in [7, 11) is 0. The van der Waals surface area contributed by atoms with Gasteiger partial charge in [-0.2, -0.15) is 0 Å². The highest BCUT2D eigenvalue weighted by Gasteiger charge is 2.21. The molecule has 1 aliphatic carbocycles. The maximum Gasteiger partial charge on any atom is 0.0374 e. The molecule has 1 fully saturated rings. The smallest absolute Gasteiger partial charge is 0.0374 e. The van der Waals surface area contributed by atoms with Crippen LogP contribution in [0.25, 0.3) is 0 Å². The predicted octanol–water partition coefficient (Wildman–Crippen LogP) is 3.90. The van der Waals surface area contributed by atoms with E-state index in [4.69, 9.17) is 0 Å². The largest absolute Gasteiger partial charge is 0.382 e. The predicted molar refractivity (Wildman–Crippen MR) is 66.3 cm³/mol. The first-order valence-electron chi connectivity index (χ1n) is 5.99. The van der Waals surface area contributed by atoms with Gasteiger partial charge in [0, 0.05) is 11.7 Å². The molecule has 0 spiro atoms. The fourth-order valence-electron chi connectivity index (χ4n) is 2.47. The molecule has 0 amide bonds. The number of hydrogen-bond donors (Lipinski definition) is 1. The quantitative estimate of drug-likeness (QED) is 0.768. The molecule has 0 bridgehead atoms. The number of benzene rings is 1. The normalized spacial score (nSPS) is 25.5. The molecule has 15 heavy (non-hydrogen) atoms. The molecule has 1 nitrogen and oxygen atoms in total. The first kappa shape index (κ1) is 10.5. The van der Waals surface area contributed by atoms with Gasteiger partial charge in [-0.15, -0.1) is 0 Å². The molecule has 0 saturated heterocycles. The average molecular weight is 203 g/mol. The summed E-state index contributed by atoms with van der Waals surface area (Å²) in [5, 5.41) is 3.68. The summed E-state index contributed by atoms with van der Waals surface area (Å²) in [4.78, 5) is 0. The van der Waals surface area contributed by atoms with E-state index in [0.717, 1.165) is 5.92 Å². The van der Waals surface area contributed by atoms with Gasteiger partial charge in [-0.25, -0.2) is 0 Å². The molecular weight excluding hydrogens is 182 g/mol. The Kier molecular flexibility index (Phi) is 2.99. The number of nitrogens with one attached hydrogen (secondary N) is 1. The Hall–Kier alpha value is -0.980. The second-order valence-corrected chi connectivity index (χ2v) is 5.01. The third kappa shape index (κ3) is 2.34. The lowest BCUT2D eigenvalue weighted by molar-refractivity contribution is 0.602. The number of hydrogen-bond acceptors (Lipinski definition) is 1. The first-order valence-corrected chi connectivity index (χ1v) is 5.99. The van der Waals surface area contributed by atoms with E-state index in [2.05, 4.69) is 44.3 Å². The molecule has 1 N–H and O–H groups in total. The second-order valence-electron chi connectivity index (χ2n) is 5.01. The number of rotatable bonds is 2.